The Balaban J connectivity index is 2.00. The van der Waals surface area contributed by atoms with Crippen molar-refractivity contribution in [1.82, 2.24) is 15.5 Å². The largest absolute Gasteiger partial charge is 0.314 e. The molecule has 2 N–H and O–H groups in total. The van der Waals surface area contributed by atoms with Crippen LogP contribution in [-0.2, 0) is 16.4 Å². The Morgan fingerprint density at radius 1 is 1.35 bits per heavy atom. The summed E-state index contributed by atoms with van der Waals surface area (Å²) in [4.78, 5) is 1.04. The molecule has 9 heteroatoms. The van der Waals surface area contributed by atoms with Gasteiger partial charge in [0.15, 0.2) is 0 Å². The van der Waals surface area contributed by atoms with E-state index in [-0.39, 0.29) is 5.13 Å². The molecule has 2 aromatic rings. The Morgan fingerprint density at radius 2 is 2.15 bits per heavy atom. The average molecular weight is 332 g/mol. The van der Waals surface area contributed by atoms with Crippen molar-refractivity contribution in [2.45, 2.75) is 30.5 Å². The van der Waals surface area contributed by atoms with Gasteiger partial charge in [-0.05, 0) is 18.6 Å². The summed E-state index contributed by atoms with van der Waals surface area (Å²) in [5.74, 6) is 0. The Labute approximate surface area is 126 Å². The van der Waals surface area contributed by atoms with Gasteiger partial charge in [-0.2, -0.15) is 0 Å². The molecule has 20 heavy (non-hydrogen) atoms. The molecular formula is C11H16N4O2S3. The van der Waals surface area contributed by atoms with E-state index in [1.165, 1.54) is 16.8 Å². The monoisotopic (exact) mass is 332 g/mol. The lowest BCUT2D eigenvalue weighted by Gasteiger charge is -2.06. The van der Waals surface area contributed by atoms with Crippen molar-refractivity contribution in [3.63, 3.8) is 0 Å². The minimum absolute atomic E-state index is 0.279. The van der Waals surface area contributed by atoms with Crippen LogP contribution in [0.3, 0.4) is 0 Å². The van der Waals surface area contributed by atoms with Crippen LogP contribution in [-0.4, -0.2) is 31.2 Å². The summed E-state index contributed by atoms with van der Waals surface area (Å²) < 4.78 is 26.9. The topological polar surface area (TPSA) is 84.0 Å². The van der Waals surface area contributed by atoms with E-state index in [1.807, 2.05) is 6.07 Å². The third kappa shape index (κ3) is 4.23. The highest BCUT2D eigenvalue weighted by molar-refractivity contribution is 7.94. The van der Waals surface area contributed by atoms with Crippen LogP contribution in [0.25, 0.3) is 0 Å². The van der Waals surface area contributed by atoms with E-state index in [2.05, 4.69) is 34.1 Å². The zero-order chi connectivity index (χ0) is 14.6. The predicted molar refractivity (Wildman–Crippen MR) is 81.9 cm³/mol. The number of hydrogen-bond donors (Lipinski definition) is 2. The number of rotatable bonds is 7. The van der Waals surface area contributed by atoms with Crippen molar-refractivity contribution in [1.29, 1.82) is 0 Å². The molecule has 110 valence electrons. The molecule has 2 rings (SSSR count). The number of hydrogen-bond acceptors (Lipinski definition) is 7. The van der Waals surface area contributed by atoms with E-state index >= 15 is 0 Å². The van der Waals surface area contributed by atoms with Crippen LogP contribution in [0, 0.1) is 0 Å². The quantitative estimate of drug-likeness (QED) is 0.809. The fourth-order valence-corrected chi connectivity index (χ4v) is 4.55. The maximum absolute atomic E-state index is 12.1. The Bertz CT molecular complexity index is 634. The van der Waals surface area contributed by atoms with Crippen LogP contribution in [0.15, 0.2) is 21.9 Å². The van der Waals surface area contributed by atoms with Crippen molar-refractivity contribution in [2.75, 3.05) is 11.3 Å². The lowest BCUT2D eigenvalue weighted by Crippen LogP contribution is -2.24. The van der Waals surface area contributed by atoms with Crippen molar-refractivity contribution in [2.24, 2.45) is 0 Å². The van der Waals surface area contributed by atoms with Gasteiger partial charge in [-0.3, -0.25) is 4.72 Å². The number of thiophene rings is 1. The zero-order valence-corrected chi connectivity index (χ0v) is 13.6. The SMILES string of the molecule is CC(C)NCCc1ccc(S(=O)(=O)Nc2nncs2)s1. The molecule has 0 amide bonds. The molecule has 0 aliphatic heterocycles. The molecule has 0 radical (unpaired) electrons. The second-order valence-corrected chi connectivity index (χ2v) is 8.34. The van der Waals surface area contributed by atoms with E-state index in [0.29, 0.717) is 10.3 Å². The number of anilines is 1. The second kappa shape index (κ2) is 6.61. The van der Waals surface area contributed by atoms with Gasteiger partial charge < -0.3 is 5.32 Å². The Morgan fingerprint density at radius 3 is 2.80 bits per heavy atom. The van der Waals surface area contributed by atoms with Crippen LogP contribution in [0.4, 0.5) is 5.13 Å². The minimum atomic E-state index is -3.55. The smallest absolute Gasteiger partial charge is 0.273 e. The summed E-state index contributed by atoms with van der Waals surface area (Å²) in [6.45, 7) is 4.99. The van der Waals surface area contributed by atoms with Crippen molar-refractivity contribution in [3.05, 3.63) is 22.5 Å². The van der Waals surface area contributed by atoms with Gasteiger partial charge in [-0.1, -0.05) is 25.2 Å². The third-order valence-corrected chi connectivity index (χ3v) is 6.12. The summed E-state index contributed by atoms with van der Waals surface area (Å²) in [5, 5.41) is 10.9. The molecule has 2 aromatic heterocycles. The normalized spacial score (nSPS) is 11.9. The number of aromatic nitrogens is 2. The van der Waals surface area contributed by atoms with Gasteiger partial charge >= 0.3 is 0 Å². The van der Waals surface area contributed by atoms with Crippen LogP contribution >= 0.6 is 22.7 Å². The van der Waals surface area contributed by atoms with Crippen molar-refractivity contribution < 1.29 is 8.42 Å². The van der Waals surface area contributed by atoms with Crippen LogP contribution in [0.1, 0.15) is 18.7 Å². The molecule has 0 saturated heterocycles. The maximum Gasteiger partial charge on any atom is 0.273 e. The van der Waals surface area contributed by atoms with E-state index in [1.54, 1.807) is 6.07 Å². The molecule has 6 nitrogen and oxygen atoms in total. The lowest BCUT2D eigenvalue weighted by molar-refractivity contribution is 0.592. The fraction of sp³-hybridized carbons (Fsp3) is 0.455. The molecular weight excluding hydrogens is 316 g/mol. The molecule has 0 spiro atoms. The summed E-state index contributed by atoms with van der Waals surface area (Å²) in [6, 6.07) is 3.90. The van der Waals surface area contributed by atoms with E-state index in [0.717, 1.165) is 29.2 Å². The van der Waals surface area contributed by atoms with Gasteiger partial charge in [-0.15, -0.1) is 21.5 Å². The fourth-order valence-electron chi connectivity index (χ4n) is 1.50. The van der Waals surface area contributed by atoms with Crippen molar-refractivity contribution >= 4 is 37.8 Å². The Hall–Kier alpha value is -1.03. The van der Waals surface area contributed by atoms with E-state index < -0.39 is 10.0 Å². The maximum atomic E-state index is 12.1. The van der Waals surface area contributed by atoms with E-state index in [9.17, 15) is 8.42 Å². The first-order chi connectivity index (χ1) is 9.47. The first-order valence-corrected chi connectivity index (χ1v) is 9.26. The first kappa shape index (κ1) is 15.4. The summed E-state index contributed by atoms with van der Waals surface area (Å²) in [7, 11) is -3.55. The highest BCUT2D eigenvalue weighted by atomic mass is 32.2. The van der Waals surface area contributed by atoms with Crippen LogP contribution in [0.2, 0.25) is 0 Å². The standard InChI is InChI=1S/C11H16N4O2S3/c1-8(2)12-6-5-9-3-4-10(19-9)20(16,17)15-11-14-13-7-18-11/h3-4,7-8,12H,5-6H2,1-2H3,(H,14,15). The third-order valence-electron chi connectivity index (χ3n) is 2.41. The van der Waals surface area contributed by atoms with Gasteiger partial charge in [0.1, 0.15) is 9.72 Å². The summed E-state index contributed by atoms with van der Waals surface area (Å²) in [5.41, 5.74) is 1.48. The van der Waals surface area contributed by atoms with Gasteiger partial charge in [0.25, 0.3) is 10.0 Å². The number of nitrogens with zero attached hydrogens (tertiary/aromatic N) is 2. The molecule has 0 saturated carbocycles. The van der Waals surface area contributed by atoms with E-state index in [4.69, 9.17) is 0 Å². The highest BCUT2D eigenvalue weighted by Crippen LogP contribution is 2.24. The molecule has 0 aliphatic rings. The van der Waals surface area contributed by atoms with Gasteiger partial charge in [0.05, 0.1) is 0 Å². The molecule has 0 bridgehead atoms. The van der Waals surface area contributed by atoms with Crippen molar-refractivity contribution in [3.8, 4) is 0 Å². The molecule has 0 fully saturated rings. The van der Waals surface area contributed by atoms with Crippen LogP contribution in [0.5, 0.6) is 0 Å². The molecule has 0 unspecified atom stereocenters. The lowest BCUT2D eigenvalue weighted by atomic mass is 10.3. The zero-order valence-electron chi connectivity index (χ0n) is 11.2. The van der Waals surface area contributed by atoms with Gasteiger partial charge in [0.2, 0.25) is 5.13 Å². The van der Waals surface area contributed by atoms with Gasteiger partial charge in [-0.25, -0.2) is 8.42 Å². The predicted octanol–water partition coefficient (Wildman–Crippen LogP) is 1.94. The first-order valence-electron chi connectivity index (χ1n) is 6.08. The molecule has 0 atom stereocenters. The number of sulfonamides is 1. The molecule has 2 heterocycles. The van der Waals surface area contributed by atoms with Crippen LogP contribution < -0.4 is 10.0 Å². The molecule has 0 aliphatic carbocycles. The Kier molecular flexibility index (Phi) is 5.08. The second-order valence-electron chi connectivity index (χ2n) is 4.43. The minimum Gasteiger partial charge on any atom is -0.314 e. The average Bonchev–Trinajstić information content (AvgIpc) is 2.99. The highest BCUT2D eigenvalue weighted by Gasteiger charge is 2.18. The molecule has 0 aromatic carbocycles. The summed E-state index contributed by atoms with van der Waals surface area (Å²) in [6.07, 6.45) is 0.817. The summed E-state index contributed by atoms with van der Waals surface area (Å²) >= 11 is 2.43. The number of nitrogens with one attached hydrogen (secondary N) is 2. The van der Waals surface area contributed by atoms with Gasteiger partial charge in [0, 0.05) is 17.5 Å².